The molecule has 0 unspecified atom stereocenters. The Labute approximate surface area is 111 Å². The standard InChI is InChI=1S/C13H17N3O3/c1-7-6-9(15-18-7)14-12(17)10-8(2)19-16-11(10)13(3,4)5/h6H,1-5H3,(H,14,15,17). The van der Waals surface area contributed by atoms with E-state index in [9.17, 15) is 4.79 Å². The largest absolute Gasteiger partial charge is 0.361 e. The van der Waals surface area contributed by atoms with Crippen molar-refractivity contribution in [3.05, 3.63) is 28.8 Å². The van der Waals surface area contributed by atoms with Crippen LogP contribution in [0.4, 0.5) is 5.82 Å². The Kier molecular flexibility index (Phi) is 3.18. The maximum atomic E-state index is 12.3. The summed E-state index contributed by atoms with van der Waals surface area (Å²) in [6.45, 7) is 9.39. The Hall–Kier alpha value is -2.11. The van der Waals surface area contributed by atoms with E-state index in [1.807, 2.05) is 20.8 Å². The Bertz CT molecular complexity index is 605. The van der Waals surface area contributed by atoms with Gasteiger partial charge >= 0.3 is 0 Å². The van der Waals surface area contributed by atoms with E-state index in [0.717, 1.165) is 0 Å². The number of nitrogens with zero attached hydrogens (tertiary/aromatic N) is 2. The summed E-state index contributed by atoms with van der Waals surface area (Å²) in [7, 11) is 0. The minimum absolute atomic E-state index is 0.274. The Balaban J connectivity index is 2.31. The molecule has 2 aromatic rings. The molecule has 0 aliphatic rings. The fourth-order valence-corrected chi connectivity index (χ4v) is 1.76. The van der Waals surface area contributed by atoms with Crippen LogP contribution in [0, 0.1) is 13.8 Å². The van der Waals surface area contributed by atoms with Crippen molar-refractivity contribution in [2.24, 2.45) is 0 Å². The van der Waals surface area contributed by atoms with Gasteiger partial charge in [-0.25, -0.2) is 0 Å². The van der Waals surface area contributed by atoms with E-state index in [0.29, 0.717) is 28.6 Å². The summed E-state index contributed by atoms with van der Waals surface area (Å²) in [4.78, 5) is 12.3. The third-order valence-corrected chi connectivity index (χ3v) is 2.67. The molecule has 0 saturated carbocycles. The third-order valence-electron chi connectivity index (χ3n) is 2.67. The molecule has 2 aromatic heterocycles. The average Bonchev–Trinajstić information content (AvgIpc) is 2.84. The van der Waals surface area contributed by atoms with Crippen molar-refractivity contribution >= 4 is 11.7 Å². The quantitative estimate of drug-likeness (QED) is 0.901. The molecule has 1 amide bonds. The molecule has 2 rings (SSSR count). The van der Waals surface area contributed by atoms with Gasteiger partial charge in [0.2, 0.25) is 0 Å². The van der Waals surface area contributed by atoms with Gasteiger partial charge in [0.25, 0.3) is 5.91 Å². The van der Waals surface area contributed by atoms with Crippen LogP contribution in [-0.4, -0.2) is 16.2 Å². The summed E-state index contributed by atoms with van der Waals surface area (Å²) in [6.07, 6.45) is 0. The molecule has 102 valence electrons. The molecule has 0 fully saturated rings. The van der Waals surface area contributed by atoms with E-state index in [-0.39, 0.29) is 11.3 Å². The number of amides is 1. The van der Waals surface area contributed by atoms with Crippen LogP contribution in [0.3, 0.4) is 0 Å². The van der Waals surface area contributed by atoms with Gasteiger partial charge in [0.1, 0.15) is 22.8 Å². The number of anilines is 1. The second-order valence-electron chi connectivity index (χ2n) is 5.49. The van der Waals surface area contributed by atoms with Crippen LogP contribution in [0.5, 0.6) is 0 Å². The van der Waals surface area contributed by atoms with Crippen LogP contribution in [0.1, 0.15) is 48.3 Å². The molecule has 19 heavy (non-hydrogen) atoms. The zero-order valence-electron chi connectivity index (χ0n) is 11.7. The summed E-state index contributed by atoms with van der Waals surface area (Å²) < 4.78 is 10.0. The van der Waals surface area contributed by atoms with E-state index < -0.39 is 0 Å². The summed E-state index contributed by atoms with van der Waals surface area (Å²) in [6, 6.07) is 1.65. The van der Waals surface area contributed by atoms with Gasteiger partial charge < -0.3 is 14.4 Å². The SMILES string of the molecule is Cc1cc(NC(=O)c2c(C(C)(C)C)noc2C)no1. The Morgan fingerprint density at radius 1 is 1.21 bits per heavy atom. The fraction of sp³-hybridized carbons (Fsp3) is 0.462. The first-order valence-electron chi connectivity index (χ1n) is 6.00. The van der Waals surface area contributed by atoms with Crippen LogP contribution in [0.25, 0.3) is 0 Å². The van der Waals surface area contributed by atoms with Crippen molar-refractivity contribution in [2.75, 3.05) is 5.32 Å². The summed E-state index contributed by atoms with van der Waals surface area (Å²) in [5, 5.41) is 10.4. The first-order chi connectivity index (χ1) is 8.79. The smallest absolute Gasteiger partial charge is 0.262 e. The lowest BCUT2D eigenvalue weighted by atomic mass is 9.88. The van der Waals surface area contributed by atoms with Gasteiger partial charge in [-0.3, -0.25) is 4.79 Å². The second kappa shape index (κ2) is 4.53. The number of hydrogen-bond donors (Lipinski definition) is 1. The van der Waals surface area contributed by atoms with E-state index in [4.69, 9.17) is 9.05 Å². The monoisotopic (exact) mass is 263 g/mol. The maximum absolute atomic E-state index is 12.3. The summed E-state index contributed by atoms with van der Waals surface area (Å²) >= 11 is 0. The molecule has 6 heteroatoms. The van der Waals surface area contributed by atoms with Crippen LogP contribution in [0.15, 0.2) is 15.1 Å². The van der Waals surface area contributed by atoms with Crippen molar-refractivity contribution in [3.8, 4) is 0 Å². The normalized spacial score (nSPS) is 11.6. The topological polar surface area (TPSA) is 81.2 Å². The van der Waals surface area contributed by atoms with Crippen molar-refractivity contribution in [1.29, 1.82) is 0 Å². The molecule has 6 nitrogen and oxygen atoms in total. The highest BCUT2D eigenvalue weighted by Crippen LogP contribution is 2.27. The zero-order chi connectivity index (χ0) is 14.2. The average molecular weight is 263 g/mol. The third kappa shape index (κ3) is 2.67. The van der Waals surface area contributed by atoms with Gasteiger partial charge in [-0.15, -0.1) is 0 Å². The highest BCUT2D eigenvalue weighted by Gasteiger charge is 2.29. The molecule has 0 aliphatic carbocycles. The number of rotatable bonds is 2. The molecule has 0 bridgehead atoms. The van der Waals surface area contributed by atoms with Crippen molar-refractivity contribution in [2.45, 2.75) is 40.0 Å². The van der Waals surface area contributed by atoms with Crippen molar-refractivity contribution in [3.63, 3.8) is 0 Å². The first-order valence-corrected chi connectivity index (χ1v) is 6.00. The minimum atomic E-state index is -0.294. The van der Waals surface area contributed by atoms with Gasteiger partial charge in [-0.05, 0) is 13.8 Å². The molecule has 0 atom stereocenters. The number of aryl methyl sites for hydroxylation is 2. The molecule has 2 heterocycles. The fourth-order valence-electron chi connectivity index (χ4n) is 1.76. The second-order valence-corrected chi connectivity index (χ2v) is 5.49. The lowest BCUT2D eigenvalue weighted by Crippen LogP contribution is -2.21. The van der Waals surface area contributed by atoms with Crippen LogP contribution in [-0.2, 0) is 5.41 Å². The molecule has 0 aliphatic heterocycles. The Morgan fingerprint density at radius 2 is 1.89 bits per heavy atom. The first kappa shape index (κ1) is 13.3. The lowest BCUT2D eigenvalue weighted by molar-refractivity contribution is 0.102. The van der Waals surface area contributed by atoms with Gasteiger partial charge in [0, 0.05) is 11.5 Å². The number of nitrogens with one attached hydrogen (secondary N) is 1. The maximum Gasteiger partial charge on any atom is 0.262 e. The van der Waals surface area contributed by atoms with E-state index in [1.165, 1.54) is 0 Å². The Morgan fingerprint density at radius 3 is 2.42 bits per heavy atom. The van der Waals surface area contributed by atoms with Crippen molar-refractivity contribution < 1.29 is 13.8 Å². The van der Waals surface area contributed by atoms with Crippen LogP contribution >= 0.6 is 0 Å². The molecule has 0 radical (unpaired) electrons. The highest BCUT2D eigenvalue weighted by molar-refractivity contribution is 6.05. The van der Waals surface area contributed by atoms with Gasteiger partial charge in [0.05, 0.1) is 0 Å². The predicted octanol–water partition coefficient (Wildman–Crippen LogP) is 2.83. The molecule has 1 N–H and O–H groups in total. The molecule has 0 spiro atoms. The summed E-state index contributed by atoms with van der Waals surface area (Å²) in [5.74, 6) is 1.20. The minimum Gasteiger partial charge on any atom is -0.361 e. The number of carbonyl (C=O) groups excluding carboxylic acids is 1. The van der Waals surface area contributed by atoms with E-state index in [1.54, 1.807) is 19.9 Å². The molecular weight excluding hydrogens is 246 g/mol. The predicted molar refractivity (Wildman–Crippen MR) is 69.1 cm³/mol. The number of hydrogen-bond acceptors (Lipinski definition) is 5. The van der Waals surface area contributed by atoms with Gasteiger partial charge in [0.15, 0.2) is 5.82 Å². The number of carbonyl (C=O) groups is 1. The number of aromatic nitrogens is 2. The molecular formula is C13H17N3O3. The zero-order valence-corrected chi connectivity index (χ0v) is 11.7. The highest BCUT2D eigenvalue weighted by atomic mass is 16.5. The van der Waals surface area contributed by atoms with Gasteiger partial charge in [-0.1, -0.05) is 31.1 Å². The van der Waals surface area contributed by atoms with E-state index >= 15 is 0 Å². The molecule has 0 saturated heterocycles. The van der Waals surface area contributed by atoms with E-state index in [2.05, 4.69) is 15.6 Å². The van der Waals surface area contributed by atoms with Crippen LogP contribution < -0.4 is 5.32 Å². The summed E-state index contributed by atoms with van der Waals surface area (Å²) in [5.41, 5.74) is 0.806. The lowest BCUT2D eigenvalue weighted by Gasteiger charge is -2.15. The van der Waals surface area contributed by atoms with Crippen molar-refractivity contribution in [1.82, 2.24) is 10.3 Å². The molecule has 0 aromatic carbocycles. The van der Waals surface area contributed by atoms with Gasteiger partial charge in [-0.2, -0.15) is 0 Å². The van der Waals surface area contributed by atoms with Crippen LogP contribution in [0.2, 0.25) is 0 Å².